The topological polar surface area (TPSA) is 78.8 Å². The number of hydrogen-bond acceptors (Lipinski definition) is 4. The number of fused-ring (bicyclic) bond motifs is 1. The van der Waals surface area contributed by atoms with E-state index in [1.165, 1.54) is 13.2 Å². The van der Waals surface area contributed by atoms with Gasteiger partial charge in [-0.2, -0.15) is 10.5 Å². The summed E-state index contributed by atoms with van der Waals surface area (Å²) >= 11 is 0. The van der Waals surface area contributed by atoms with Gasteiger partial charge in [-0.3, -0.25) is 4.79 Å². The largest absolute Gasteiger partial charge is 0.468 e. The van der Waals surface area contributed by atoms with Crippen LogP contribution in [0.15, 0.2) is 36.0 Å². The van der Waals surface area contributed by atoms with Gasteiger partial charge in [-0.1, -0.05) is 18.2 Å². The Bertz CT molecular complexity index is 756. The van der Waals surface area contributed by atoms with Crippen LogP contribution in [0, 0.1) is 22.7 Å². The number of rotatable bonds is 3. The van der Waals surface area contributed by atoms with Crippen molar-refractivity contribution in [3.63, 3.8) is 0 Å². The minimum atomic E-state index is -0.359. The van der Waals surface area contributed by atoms with Gasteiger partial charge in [-0.05, 0) is 12.1 Å². The normalized spacial score (nSPS) is 9.55. The molecule has 0 aliphatic carbocycles. The molecule has 0 saturated carbocycles. The van der Waals surface area contributed by atoms with E-state index in [0.717, 1.165) is 16.5 Å². The van der Waals surface area contributed by atoms with Crippen molar-refractivity contribution in [2.45, 2.75) is 6.54 Å². The van der Waals surface area contributed by atoms with Gasteiger partial charge >= 0.3 is 5.97 Å². The number of esters is 1. The monoisotopic (exact) mass is 265 g/mol. The molecule has 1 aromatic carbocycles. The van der Waals surface area contributed by atoms with Crippen LogP contribution in [0.5, 0.6) is 0 Å². The number of allylic oxidation sites excluding steroid dienone is 1. The molecule has 0 bridgehead atoms. The van der Waals surface area contributed by atoms with Gasteiger partial charge in [0.05, 0.1) is 7.11 Å². The van der Waals surface area contributed by atoms with E-state index in [4.69, 9.17) is 10.5 Å². The van der Waals surface area contributed by atoms with Gasteiger partial charge in [0.25, 0.3) is 0 Å². The van der Waals surface area contributed by atoms with E-state index in [9.17, 15) is 4.79 Å². The van der Waals surface area contributed by atoms with E-state index in [0.29, 0.717) is 0 Å². The van der Waals surface area contributed by atoms with Crippen LogP contribution in [0.4, 0.5) is 0 Å². The van der Waals surface area contributed by atoms with Crippen LogP contribution < -0.4 is 0 Å². The second-order valence-corrected chi connectivity index (χ2v) is 4.09. The van der Waals surface area contributed by atoms with Crippen LogP contribution in [0.2, 0.25) is 0 Å². The lowest BCUT2D eigenvalue weighted by molar-refractivity contribution is -0.141. The molecule has 2 aromatic rings. The summed E-state index contributed by atoms with van der Waals surface area (Å²) in [5.41, 5.74) is 1.59. The number of carbonyl (C=O) groups excluding carboxylic acids is 1. The van der Waals surface area contributed by atoms with Crippen molar-refractivity contribution >= 4 is 22.9 Å². The van der Waals surface area contributed by atoms with Crippen molar-refractivity contribution in [1.29, 1.82) is 10.5 Å². The Morgan fingerprint density at radius 1 is 1.35 bits per heavy atom. The Morgan fingerprint density at radius 2 is 2.05 bits per heavy atom. The summed E-state index contributed by atoms with van der Waals surface area (Å²) in [7, 11) is 1.33. The summed E-state index contributed by atoms with van der Waals surface area (Å²) in [4.78, 5) is 11.4. The molecule has 1 heterocycles. The average molecular weight is 265 g/mol. The minimum Gasteiger partial charge on any atom is -0.468 e. The Labute approximate surface area is 115 Å². The number of nitriles is 2. The SMILES string of the molecule is COC(=O)Cn1cc(C=C(C#N)C#N)c2ccccc21. The van der Waals surface area contributed by atoms with Crippen molar-refractivity contribution < 1.29 is 9.53 Å². The lowest BCUT2D eigenvalue weighted by atomic mass is 10.1. The molecule has 5 nitrogen and oxygen atoms in total. The highest BCUT2D eigenvalue weighted by atomic mass is 16.5. The molecule has 0 aliphatic heterocycles. The summed E-state index contributed by atoms with van der Waals surface area (Å²) in [5.74, 6) is -0.359. The van der Waals surface area contributed by atoms with Crippen LogP contribution in [0.3, 0.4) is 0 Å². The molecule has 0 radical (unpaired) electrons. The summed E-state index contributed by atoms with van der Waals surface area (Å²) in [5, 5.41) is 18.5. The van der Waals surface area contributed by atoms with E-state index in [-0.39, 0.29) is 18.1 Å². The van der Waals surface area contributed by atoms with Crippen molar-refractivity contribution in [1.82, 2.24) is 4.57 Å². The van der Waals surface area contributed by atoms with E-state index < -0.39 is 0 Å². The summed E-state index contributed by atoms with van der Waals surface area (Å²) in [6.07, 6.45) is 3.24. The first-order chi connectivity index (χ1) is 9.69. The van der Waals surface area contributed by atoms with Crippen LogP contribution in [0.1, 0.15) is 5.56 Å². The predicted molar refractivity (Wildman–Crippen MR) is 73.2 cm³/mol. The molecule has 0 spiro atoms. The zero-order valence-electron chi connectivity index (χ0n) is 10.8. The first-order valence-electron chi connectivity index (χ1n) is 5.86. The number of ether oxygens (including phenoxy) is 1. The van der Waals surface area contributed by atoms with E-state index in [1.54, 1.807) is 10.8 Å². The molecule has 5 heteroatoms. The first kappa shape index (κ1) is 13.4. The third-order valence-electron chi connectivity index (χ3n) is 2.89. The standard InChI is InChI=1S/C15H11N3O2/c1-20-15(19)10-18-9-12(6-11(7-16)8-17)13-4-2-3-5-14(13)18/h2-6,9H,10H2,1H3. The Morgan fingerprint density at radius 3 is 2.70 bits per heavy atom. The fourth-order valence-electron chi connectivity index (χ4n) is 1.97. The lowest BCUT2D eigenvalue weighted by Gasteiger charge is -2.02. The quantitative estimate of drug-likeness (QED) is 0.629. The van der Waals surface area contributed by atoms with Crippen LogP contribution in [0.25, 0.3) is 17.0 Å². The van der Waals surface area contributed by atoms with Crippen molar-refractivity contribution in [3.8, 4) is 12.1 Å². The molecule has 0 fully saturated rings. The number of methoxy groups -OCH3 is 1. The smallest absolute Gasteiger partial charge is 0.325 e. The van der Waals surface area contributed by atoms with E-state index in [2.05, 4.69) is 4.74 Å². The van der Waals surface area contributed by atoms with Crippen LogP contribution >= 0.6 is 0 Å². The van der Waals surface area contributed by atoms with Crippen LogP contribution in [-0.4, -0.2) is 17.6 Å². The zero-order valence-corrected chi connectivity index (χ0v) is 10.8. The Hall–Kier alpha value is -3.05. The fourth-order valence-corrected chi connectivity index (χ4v) is 1.97. The molecule has 0 atom stereocenters. The van der Waals surface area contributed by atoms with Gasteiger partial charge in [0.1, 0.15) is 24.3 Å². The molecular formula is C15H11N3O2. The second-order valence-electron chi connectivity index (χ2n) is 4.09. The number of benzene rings is 1. The highest BCUT2D eigenvalue weighted by molar-refractivity contribution is 5.91. The molecule has 0 saturated heterocycles. The maximum Gasteiger partial charge on any atom is 0.325 e. The highest BCUT2D eigenvalue weighted by Crippen LogP contribution is 2.23. The fraction of sp³-hybridized carbons (Fsp3) is 0.133. The third kappa shape index (κ3) is 2.52. The predicted octanol–water partition coefficient (Wildman–Crippen LogP) is 2.24. The maximum atomic E-state index is 11.4. The minimum absolute atomic E-state index is 0.0194. The van der Waals surface area contributed by atoms with Crippen LogP contribution in [-0.2, 0) is 16.1 Å². The summed E-state index contributed by atoms with van der Waals surface area (Å²) in [6, 6.07) is 11.1. The zero-order chi connectivity index (χ0) is 14.5. The number of para-hydroxylation sites is 1. The maximum absolute atomic E-state index is 11.4. The molecular weight excluding hydrogens is 254 g/mol. The molecule has 0 unspecified atom stereocenters. The van der Waals surface area contributed by atoms with Gasteiger partial charge in [0, 0.05) is 22.7 Å². The first-order valence-corrected chi connectivity index (χ1v) is 5.86. The van der Waals surface area contributed by atoms with Gasteiger partial charge in [0.15, 0.2) is 0 Å². The molecule has 0 amide bonds. The molecule has 20 heavy (non-hydrogen) atoms. The van der Waals surface area contributed by atoms with Gasteiger partial charge in [-0.15, -0.1) is 0 Å². The number of nitrogens with zero attached hydrogens (tertiary/aromatic N) is 3. The summed E-state index contributed by atoms with van der Waals surface area (Å²) < 4.78 is 6.39. The number of hydrogen-bond donors (Lipinski definition) is 0. The average Bonchev–Trinajstić information content (AvgIpc) is 2.82. The molecule has 0 N–H and O–H groups in total. The molecule has 2 rings (SSSR count). The molecule has 98 valence electrons. The third-order valence-corrected chi connectivity index (χ3v) is 2.89. The molecule has 1 aromatic heterocycles. The number of aromatic nitrogens is 1. The second kappa shape index (κ2) is 5.73. The van der Waals surface area contributed by atoms with Gasteiger partial charge in [0.2, 0.25) is 0 Å². The Kier molecular flexibility index (Phi) is 3.83. The molecule has 0 aliphatic rings. The highest BCUT2D eigenvalue weighted by Gasteiger charge is 2.10. The Balaban J connectivity index is 2.58. The van der Waals surface area contributed by atoms with E-state index >= 15 is 0 Å². The summed E-state index contributed by atoms with van der Waals surface area (Å²) in [6.45, 7) is 0.0826. The van der Waals surface area contributed by atoms with Crippen molar-refractivity contribution in [2.75, 3.05) is 7.11 Å². The van der Waals surface area contributed by atoms with E-state index in [1.807, 2.05) is 36.4 Å². The lowest BCUT2D eigenvalue weighted by Crippen LogP contribution is -2.10. The van der Waals surface area contributed by atoms with Gasteiger partial charge in [-0.25, -0.2) is 0 Å². The van der Waals surface area contributed by atoms with Crippen molar-refractivity contribution in [2.24, 2.45) is 0 Å². The van der Waals surface area contributed by atoms with Crippen molar-refractivity contribution in [3.05, 3.63) is 41.6 Å². The van der Waals surface area contributed by atoms with Gasteiger partial charge < -0.3 is 9.30 Å². The number of carbonyl (C=O) groups is 1.